The predicted octanol–water partition coefficient (Wildman–Crippen LogP) is 0.201. The van der Waals surface area contributed by atoms with Crippen molar-refractivity contribution in [1.82, 2.24) is 0 Å². The van der Waals surface area contributed by atoms with Crippen molar-refractivity contribution >= 4 is 6.21 Å². The number of ether oxygens (including phenoxy) is 2. The van der Waals surface area contributed by atoms with E-state index in [1.165, 1.54) is 0 Å². The lowest BCUT2D eigenvalue weighted by atomic mass is 10.0. The maximum absolute atomic E-state index is 9.09. The highest BCUT2D eigenvalue weighted by Crippen LogP contribution is 2.18. The largest absolute Gasteiger partial charge is 0.394 e. The first-order valence-electron chi connectivity index (χ1n) is 4.06. The van der Waals surface area contributed by atoms with Crippen LogP contribution in [0.25, 0.3) is 0 Å². The number of aliphatic hydroxyl groups is 1. The molecule has 0 aromatic rings. The van der Waals surface area contributed by atoms with Crippen LogP contribution in [0.4, 0.5) is 0 Å². The van der Waals surface area contributed by atoms with Crippen LogP contribution >= 0.6 is 0 Å². The van der Waals surface area contributed by atoms with E-state index in [1.54, 1.807) is 6.21 Å². The molecule has 1 heterocycles. The number of aliphatic imine (C=N–C) groups is 1. The minimum absolute atomic E-state index is 0.0376. The van der Waals surface area contributed by atoms with Crippen LogP contribution in [0.5, 0.6) is 0 Å². The van der Waals surface area contributed by atoms with Gasteiger partial charge in [0.2, 0.25) is 0 Å². The first-order chi connectivity index (χ1) is 5.72. The second-order valence-corrected chi connectivity index (χ2v) is 2.96. The van der Waals surface area contributed by atoms with Gasteiger partial charge >= 0.3 is 0 Å². The summed E-state index contributed by atoms with van der Waals surface area (Å²) in [6.07, 6.45) is 1.48. The monoisotopic (exact) mass is 173 g/mol. The van der Waals surface area contributed by atoms with E-state index in [-0.39, 0.29) is 12.9 Å². The molecule has 1 N–H and O–H groups in total. The Balaban J connectivity index is 2.57. The topological polar surface area (TPSA) is 51.1 Å². The van der Waals surface area contributed by atoms with Crippen molar-refractivity contribution < 1.29 is 14.6 Å². The molecular formula is C8H15NO3. The third-order valence-electron chi connectivity index (χ3n) is 1.87. The molecule has 1 aliphatic rings. The molecule has 0 aliphatic carbocycles. The average molecular weight is 173 g/mol. The molecule has 12 heavy (non-hydrogen) atoms. The van der Waals surface area contributed by atoms with E-state index in [4.69, 9.17) is 14.6 Å². The van der Waals surface area contributed by atoms with E-state index < -0.39 is 5.54 Å². The summed E-state index contributed by atoms with van der Waals surface area (Å²) in [5, 5.41) is 9.09. The van der Waals surface area contributed by atoms with Gasteiger partial charge in [-0.1, -0.05) is 0 Å². The standard InChI is InChI=1S/C8H15NO3/c1-3-9-8(4-10)5-11-7(2)12-6-8/h3,7,10H,4-6H2,1-2H3. The Kier molecular flexibility index (Phi) is 3.20. The smallest absolute Gasteiger partial charge is 0.155 e. The molecule has 1 aliphatic heterocycles. The van der Waals surface area contributed by atoms with E-state index in [9.17, 15) is 0 Å². The summed E-state index contributed by atoms with van der Waals surface area (Å²) in [5.41, 5.74) is -0.568. The number of rotatable bonds is 2. The predicted molar refractivity (Wildman–Crippen MR) is 45.3 cm³/mol. The van der Waals surface area contributed by atoms with Crippen molar-refractivity contribution in [3.63, 3.8) is 0 Å². The van der Waals surface area contributed by atoms with Gasteiger partial charge in [-0.05, 0) is 20.1 Å². The average Bonchev–Trinajstić information content (AvgIpc) is 2.10. The summed E-state index contributed by atoms with van der Waals surface area (Å²) in [4.78, 5) is 4.14. The highest BCUT2D eigenvalue weighted by molar-refractivity contribution is 5.54. The van der Waals surface area contributed by atoms with Crippen LogP contribution < -0.4 is 0 Å². The van der Waals surface area contributed by atoms with Gasteiger partial charge in [-0.25, -0.2) is 0 Å². The van der Waals surface area contributed by atoms with E-state index in [2.05, 4.69) is 4.99 Å². The molecule has 70 valence electrons. The Morgan fingerprint density at radius 1 is 1.58 bits per heavy atom. The van der Waals surface area contributed by atoms with Crippen molar-refractivity contribution in [1.29, 1.82) is 0 Å². The summed E-state index contributed by atoms with van der Waals surface area (Å²) in [6.45, 7) is 4.46. The van der Waals surface area contributed by atoms with Crippen LogP contribution in [0, 0.1) is 0 Å². The van der Waals surface area contributed by atoms with Crippen LogP contribution in [0.15, 0.2) is 4.99 Å². The Hall–Kier alpha value is -0.450. The van der Waals surface area contributed by atoms with E-state index in [0.717, 1.165) is 0 Å². The lowest BCUT2D eigenvalue weighted by molar-refractivity contribution is -0.201. The zero-order chi connectivity index (χ0) is 9.03. The van der Waals surface area contributed by atoms with Crippen LogP contribution in [-0.4, -0.2) is 43.0 Å². The van der Waals surface area contributed by atoms with E-state index in [0.29, 0.717) is 13.2 Å². The lowest BCUT2D eigenvalue weighted by Gasteiger charge is -2.34. The van der Waals surface area contributed by atoms with Gasteiger partial charge in [-0.3, -0.25) is 4.99 Å². The van der Waals surface area contributed by atoms with Crippen molar-refractivity contribution in [3.05, 3.63) is 0 Å². The zero-order valence-electron chi connectivity index (χ0n) is 7.49. The fraction of sp³-hybridized carbons (Fsp3) is 0.875. The highest BCUT2D eigenvalue weighted by atomic mass is 16.7. The summed E-state index contributed by atoms with van der Waals surface area (Å²) in [5.74, 6) is 0. The molecule has 0 atom stereocenters. The van der Waals surface area contributed by atoms with Gasteiger partial charge in [-0.2, -0.15) is 0 Å². The lowest BCUT2D eigenvalue weighted by Crippen LogP contribution is -2.48. The quantitative estimate of drug-likeness (QED) is 0.607. The van der Waals surface area contributed by atoms with Crippen LogP contribution in [-0.2, 0) is 9.47 Å². The molecule has 0 bridgehead atoms. The first kappa shape index (κ1) is 9.64. The normalized spacial score (nSPS) is 37.4. The maximum Gasteiger partial charge on any atom is 0.155 e. The molecule has 0 unspecified atom stereocenters. The molecule has 0 spiro atoms. The molecule has 1 rings (SSSR count). The third-order valence-corrected chi connectivity index (χ3v) is 1.87. The summed E-state index contributed by atoms with van der Waals surface area (Å²) >= 11 is 0. The first-order valence-corrected chi connectivity index (χ1v) is 4.06. The molecular weight excluding hydrogens is 158 g/mol. The number of hydrogen-bond acceptors (Lipinski definition) is 4. The number of aliphatic hydroxyl groups excluding tert-OH is 1. The van der Waals surface area contributed by atoms with Gasteiger partial charge in [0.1, 0.15) is 5.54 Å². The molecule has 4 nitrogen and oxygen atoms in total. The van der Waals surface area contributed by atoms with E-state index in [1.807, 2.05) is 13.8 Å². The fourth-order valence-electron chi connectivity index (χ4n) is 1.12. The summed E-state index contributed by atoms with van der Waals surface area (Å²) < 4.78 is 10.5. The molecule has 0 aromatic carbocycles. The van der Waals surface area contributed by atoms with Gasteiger partial charge in [0, 0.05) is 0 Å². The second kappa shape index (κ2) is 3.98. The molecule has 1 saturated heterocycles. The Bertz CT molecular complexity index is 162. The number of nitrogens with zero attached hydrogens (tertiary/aromatic N) is 1. The molecule has 0 amide bonds. The number of hydrogen-bond donors (Lipinski definition) is 1. The van der Waals surface area contributed by atoms with Crippen LogP contribution in [0.1, 0.15) is 13.8 Å². The second-order valence-electron chi connectivity index (χ2n) is 2.96. The van der Waals surface area contributed by atoms with Crippen LogP contribution in [0.2, 0.25) is 0 Å². The Morgan fingerprint density at radius 2 is 2.17 bits per heavy atom. The maximum atomic E-state index is 9.09. The zero-order valence-corrected chi connectivity index (χ0v) is 7.49. The SMILES string of the molecule is CC=NC1(CO)COC(C)OC1. The molecule has 0 aromatic heterocycles. The summed E-state index contributed by atoms with van der Waals surface area (Å²) in [6, 6.07) is 0. The Labute approximate surface area is 72.2 Å². The van der Waals surface area contributed by atoms with Gasteiger partial charge in [-0.15, -0.1) is 0 Å². The fourth-order valence-corrected chi connectivity index (χ4v) is 1.12. The van der Waals surface area contributed by atoms with Gasteiger partial charge in [0.15, 0.2) is 6.29 Å². The van der Waals surface area contributed by atoms with Crippen molar-refractivity contribution in [3.8, 4) is 0 Å². The molecule has 0 saturated carbocycles. The molecule has 1 fully saturated rings. The highest BCUT2D eigenvalue weighted by Gasteiger charge is 2.34. The van der Waals surface area contributed by atoms with Crippen molar-refractivity contribution in [2.75, 3.05) is 19.8 Å². The van der Waals surface area contributed by atoms with Crippen molar-refractivity contribution in [2.45, 2.75) is 25.7 Å². The molecule has 4 heteroatoms. The minimum Gasteiger partial charge on any atom is -0.394 e. The van der Waals surface area contributed by atoms with E-state index >= 15 is 0 Å². The van der Waals surface area contributed by atoms with Gasteiger partial charge in [0.05, 0.1) is 19.8 Å². The third kappa shape index (κ3) is 2.03. The van der Waals surface area contributed by atoms with Gasteiger partial charge in [0.25, 0.3) is 0 Å². The van der Waals surface area contributed by atoms with Crippen LogP contribution in [0.3, 0.4) is 0 Å². The minimum atomic E-state index is -0.568. The van der Waals surface area contributed by atoms with Gasteiger partial charge < -0.3 is 14.6 Å². The molecule has 0 radical (unpaired) electrons. The van der Waals surface area contributed by atoms with Crippen molar-refractivity contribution in [2.24, 2.45) is 4.99 Å². The Morgan fingerprint density at radius 3 is 2.58 bits per heavy atom. The summed E-state index contributed by atoms with van der Waals surface area (Å²) in [7, 11) is 0.